The van der Waals surface area contributed by atoms with Gasteiger partial charge in [0.25, 0.3) is 0 Å². The van der Waals surface area contributed by atoms with Gasteiger partial charge in [-0.2, -0.15) is 0 Å². The van der Waals surface area contributed by atoms with E-state index in [0.717, 1.165) is 17.1 Å². The first-order valence-electron chi connectivity index (χ1n) is 2.32. The van der Waals surface area contributed by atoms with Crippen molar-refractivity contribution in [1.82, 2.24) is 0 Å². The molecule has 0 N–H and O–H groups in total. The maximum Gasteiger partial charge on any atom is 0.320 e. The molecule has 9 heavy (non-hydrogen) atoms. The highest BCUT2D eigenvalue weighted by atomic mass is 33.1. The molecular weight excluding hydrogens is 195 g/mol. The lowest BCUT2D eigenvalue weighted by Crippen LogP contribution is -1.69. The fraction of sp³-hybridized carbons (Fsp3) is 1.00. The molecule has 0 aromatic rings. The van der Waals surface area contributed by atoms with Crippen molar-refractivity contribution in [3.05, 3.63) is 0 Å². The Hall–Kier alpha value is 1.24. The van der Waals surface area contributed by atoms with Gasteiger partial charge in [0.1, 0.15) is 0 Å². The molecule has 0 aliphatic rings. The van der Waals surface area contributed by atoms with Gasteiger partial charge in [0, 0.05) is 17.8 Å². The first kappa shape index (κ1) is 10.2. The van der Waals surface area contributed by atoms with Crippen LogP contribution in [0.15, 0.2) is 0 Å². The molecule has 0 heterocycles. The average Bonchev–Trinajstić information content (AvgIpc) is 1.84. The predicted octanol–water partition coefficient (Wildman–Crippen LogP) is 3.07. The topological polar surface area (TPSA) is 26.3 Å². The predicted molar refractivity (Wildman–Crippen MR) is 49.3 cm³/mol. The van der Waals surface area contributed by atoms with Crippen molar-refractivity contribution in [2.75, 3.05) is 12.0 Å². The van der Waals surface area contributed by atoms with Crippen LogP contribution in [0.25, 0.3) is 0 Å². The molecule has 0 fully saturated rings. The minimum atomic E-state index is -2.62. The van der Waals surface area contributed by atoms with E-state index >= 15 is 0 Å². The minimum absolute atomic E-state index is 0.797. The molecule has 0 rings (SSSR count). The molecule has 0 spiro atoms. The molecule has 0 aromatic heterocycles. The van der Waals surface area contributed by atoms with Gasteiger partial charge in [0.2, 0.25) is 0 Å². The van der Waals surface area contributed by atoms with Crippen LogP contribution >= 0.6 is 41.4 Å². The highest BCUT2D eigenvalue weighted by Crippen LogP contribution is 2.64. The monoisotopic (exact) mass is 204 g/mol. The Morgan fingerprint density at radius 2 is 2.33 bits per heavy atom. The lowest BCUT2D eigenvalue weighted by molar-refractivity contribution is 0.544. The second-order valence-corrected chi connectivity index (χ2v) is 8.77. The van der Waals surface area contributed by atoms with E-state index in [4.69, 9.17) is 3.97 Å². The SMILES string of the molecule is CCSOP(=O)(S)SC. The Bertz CT molecular complexity index is 118. The van der Waals surface area contributed by atoms with Crippen LogP contribution in [0.4, 0.5) is 0 Å². The molecule has 0 saturated heterocycles. The average molecular weight is 204 g/mol. The van der Waals surface area contributed by atoms with Crippen molar-refractivity contribution in [3.63, 3.8) is 0 Å². The first-order valence-corrected chi connectivity index (χ1v) is 7.84. The fourth-order valence-corrected chi connectivity index (χ4v) is 2.71. The van der Waals surface area contributed by atoms with E-state index in [9.17, 15) is 4.57 Å². The third-order valence-corrected chi connectivity index (χ3v) is 6.37. The van der Waals surface area contributed by atoms with Crippen LogP contribution < -0.4 is 0 Å². The van der Waals surface area contributed by atoms with Gasteiger partial charge in [-0.15, -0.1) is 0 Å². The molecule has 0 saturated carbocycles. The molecule has 0 aliphatic carbocycles. The largest absolute Gasteiger partial charge is 0.320 e. The number of thiol groups is 1. The molecule has 2 nitrogen and oxygen atoms in total. The number of hydrogen-bond donors (Lipinski definition) is 1. The van der Waals surface area contributed by atoms with Gasteiger partial charge in [-0.05, 0) is 6.26 Å². The fourth-order valence-electron chi connectivity index (χ4n) is 0.150. The van der Waals surface area contributed by atoms with Crippen molar-refractivity contribution in [3.8, 4) is 0 Å². The smallest absolute Gasteiger partial charge is 0.268 e. The molecule has 56 valence electrons. The van der Waals surface area contributed by atoms with E-state index in [1.807, 2.05) is 6.92 Å². The van der Waals surface area contributed by atoms with Gasteiger partial charge in [0.05, 0.1) is 0 Å². The highest BCUT2D eigenvalue weighted by Gasteiger charge is 2.14. The summed E-state index contributed by atoms with van der Waals surface area (Å²) in [6.07, 6.45) is 1.71. The van der Waals surface area contributed by atoms with E-state index in [-0.39, 0.29) is 0 Å². The molecule has 0 aromatic carbocycles. The van der Waals surface area contributed by atoms with Crippen molar-refractivity contribution < 1.29 is 8.54 Å². The van der Waals surface area contributed by atoms with Gasteiger partial charge in [-0.1, -0.05) is 30.6 Å². The van der Waals surface area contributed by atoms with Crippen molar-refractivity contribution >= 4 is 41.4 Å². The lowest BCUT2D eigenvalue weighted by Gasteiger charge is -2.05. The summed E-state index contributed by atoms with van der Waals surface area (Å²) in [7, 11) is 0. The maximum atomic E-state index is 10.9. The quantitative estimate of drug-likeness (QED) is 0.432. The summed E-state index contributed by atoms with van der Waals surface area (Å²) >= 11 is 6.12. The zero-order chi connectivity index (χ0) is 7.33. The third kappa shape index (κ3) is 5.67. The summed E-state index contributed by atoms with van der Waals surface area (Å²) in [5.74, 6) is -1.82. The van der Waals surface area contributed by atoms with E-state index in [1.54, 1.807) is 6.26 Å². The van der Waals surface area contributed by atoms with Gasteiger partial charge >= 0.3 is 5.77 Å². The van der Waals surface area contributed by atoms with Crippen molar-refractivity contribution in [2.45, 2.75) is 6.92 Å². The first-order chi connectivity index (χ1) is 4.12. The van der Waals surface area contributed by atoms with Crippen LogP contribution in [-0.2, 0) is 8.54 Å². The summed E-state index contributed by atoms with van der Waals surface area (Å²) in [5.41, 5.74) is 0. The maximum absolute atomic E-state index is 10.9. The summed E-state index contributed by atoms with van der Waals surface area (Å²) in [5, 5.41) is 0. The van der Waals surface area contributed by atoms with E-state index < -0.39 is 5.77 Å². The molecule has 0 bridgehead atoms. The standard InChI is InChI=1S/C3H9O2PS3/c1-3-9-5-6(4,7)8-2/h3H2,1-2H3,(H,4,7). The Balaban J connectivity index is 3.46. The molecule has 1 atom stereocenters. The molecule has 6 heteroatoms. The Morgan fingerprint density at radius 1 is 1.78 bits per heavy atom. The summed E-state index contributed by atoms with van der Waals surface area (Å²) in [4.78, 5) is 0. The minimum Gasteiger partial charge on any atom is -0.268 e. The molecule has 0 amide bonds. The molecule has 1 unspecified atom stereocenters. The highest BCUT2D eigenvalue weighted by molar-refractivity contribution is 8.85. The van der Waals surface area contributed by atoms with E-state index in [1.165, 1.54) is 12.0 Å². The van der Waals surface area contributed by atoms with Crippen LogP contribution in [0.2, 0.25) is 0 Å². The van der Waals surface area contributed by atoms with Crippen molar-refractivity contribution in [1.29, 1.82) is 0 Å². The van der Waals surface area contributed by atoms with Crippen LogP contribution in [0.5, 0.6) is 0 Å². The van der Waals surface area contributed by atoms with E-state index in [2.05, 4.69) is 12.2 Å². The molecule has 0 radical (unpaired) electrons. The molecule has 0 aliphatic heterocycles. The zero-order valence-corrected chi connectivity index (χ0v) is 8.66. The molecular formula is C3H9O2PS3. The second kappa shape index (κ2) is 4.97. The van der Waals surface area contributed by atoms with Gasteiger partial charge in [-0.25, -0.2) is 3.97 Å². The number of rotatable bonds is 4. The van der Waals surface area contributed by atoms with Gasteiger partial charge in [-0.3, -0.25) is 4.57 Å². The summed E-state index contributed by atoms with van der Waals surface area (Å²) in [6.45, 7) is 1.93. The van der Waals surface area contributed by atoms with Crippen LogP contribution in [-0.4, -0.2) is 12.0 Å². The summed E-state index contributed by atoms with van der Waals surface area (Å²) in [6, 6.07) is 0. The van der Waals surface area contributed by atoms with Crippen molar-refractivity contribution in [2.24, 2.45) is 0 Å². The van der Waals surface area contributed by atoms with E-state index in [0.29, 0.717) is 0 Å². The Morgan fingerprint density at radius 3 is 2.67 bits per heavy atom. The lowest BCUT2D eigenvalue weighted by atomic mass is 11.0. The van der Waals surface area contributed by atoms with Gasteiger partial charge in [0.15, 0.2) is 0 Å². The van der Waals surface area contributed by atoms with Crippen LogP contribution in [0.3, 0.4) is 0 Å². The zero-order valence-electron chi connectivity index (χ0n) is 5.23. The van der Waals surface area contributed by atoms with Crippen LogP contribution in [0.1, 0.15) is 6.92 Å². The Kier molecular flexibility index (Phi) is 5.65. The normalized spacial score (nSPS) is 17.2. The van der Waals surface area contributed by atoms with Crippen LogP contribution in [0, 0.1) is 0 Å². The Labute approximate surface area is 69.1 Å². The third-order valence-electron chi connectivity index (χ3n) is 0.495. The number of hydrogen-bond acceptors (Lipinski definition) is 4. The second-order valence-electron chi connectivity index (χ2n) is 1.13. The van der Waals surface area contributed by atoms with Gasteiger partial charge < -0.3 is 0 Å². The summed E-state index contributed by atoms with van der Waals surface area (Å²) < 4.78 is 15.8.